The predicted molar refractivity (Wildman–Crippen MR) is 133 cm³/mol. The molecule has 1 N–H and O–H groups in total. The lowest BCUT2D eigenvalue weighted by atomic mass is 10.1. The van der Waals surface area contributed by atoms with Crippen molar-refractivity contribution in [2.24, 2.45) is 0 Å². The lowest BCUT2D eigenvalue weighted by molar-refractivity contribution is -0.117. The van der Waals surface area contributed by atoms with Crippen LogP contribution >= 0.6 is 0 Å². The first-order valence-corrected chi connectivity index (χ1v) is 13.5. The molecule has 178 valence electrons. The van der Waals surface area contributed by atoms with Crippen molar-refractivity contribution in [3.05, 3.63) is 66.7 Å². The second-order valence-corrected chi connectivity index (χ2v) is 11.2. The average molecular weight is 480 g/mol. The molecule has 1 amide bonds. The molecule has 0 aliphatic carbocycles. The number of anilines is 1. The third-order valence-electron chi connectivity index (χ3n) is 6.55. The SMILES string of the molecule is O=C(CN1CCN([C@H]2CCS(=O)(=O)C2)CC1)Nc1cc(-c2ccccc2)nn1-c1ccccc1. The largest absolute Gasteiger partial charge is 0.309 e. The summed E-state index contributed by atoms with van der Waals surface area (Å²) < 4.78 is 25.3. The van der Waals surface area contributed by atoms with Gasteiger partial charge in [0.2, 0.25) is 5.91 Å². The van der Waals surface area contributed by atoms with E-state index in [0.29, 0.717) is 11.6 Å². The minimum Gasteiger partial charge on any atom is -0.309 e. The van der Waals surface area contributed by atoms with E-state index in [-0.39, 0.29) is 24.2 Å². The van der Waals surface area contributed by atoms with Crippen molar-refractivity contribution in [1.82, 2.24) is 19.6 Å². The molecule has 2 saturated heterocycles. The highest BCUT2D eigenvalue weighted by Gasteiger charge is 2.33. The predicted octanol–water partition coefficient (Wildman–Crippen LogP) is 2.28. The summed E-state index contributed by atoms with van der Waals surface area (Å²) in [4.78, 5) is 17.3. The third kappa shape index (κ3) is 5.22. The van der Waals surface area contributed by atoms with Crippen LogP contribution in [0.2, 0.25) is 0 Å². The molecular weight excluding hydrogens is 450 g/mol. The van der Waals surface area contributed by atoms with Gasteiger partial charge in [-0.15, -0.1) is 0 Å². The van der Waals surface area contributed by atoms with Crippen LogP contribution in [0.3, 0.4) is 0 Å². The smallest absolute Gasteiger partial charge is 0.239 e. The minimum atomic E-state index is -2.88. The minimum absolute atomic E-state index is 0.0893. The summed E-state index contributed by atoms with van der Waals surface area (Å²) in [5, 5.41) is 7.80. The third-order valence-corrected chi connectivity index (χ3v) is 8.30. The van der Waals surface area contributed by atoms with Gasteiger partial charge in [0.05, 0.1) is 29.4 Å². The molecule has 0 saturated carbocycles. The van der Waals surface area contributed by atoms with Crippen LogP contribution in [0.15, 0.2) is 66.7 Å². The van der Waals surface area contributed by atoms with Gasteiger partial charge in [-0.25, -0.2) is 13.1 Å². The van der Waals surface area contributed by atoms with E-state index in [0.717, 1.165) is 49.5 Å². The number of carbonyl (C=O) groups excluding carboxylic acids is 1. The van der Waals surface area contributed by atoms with Gasteiger partial charge in [-0.1, -0.05) is 48.5 Å². The molecule has 3 aromatic rings. The Morgan fingerprint density at radius 2 is 1.65 bits per heavy atom. The molecule has 2 fully saturated rings. The fraction of sp³-hybridized carbons (Fsp3) is 0.360. The van der Waals surface area contributed by atoms with Gasteiger partial charge in [0, 0.05) is 43.9 Å². The van der Waals surface area contributed by atoms with Crippen LogP contribution in [0.5, 0.6) is 0 Å². The second-order valence-electron chi connectivity index (χ2n) is 8.95. The highest BCUT2D eigenvalue weighted by atomic mass is 32.2. The van der Waals surface area contributed by atoms with E-state index in [1.807, 2.05) is 66.7 Å². The number of aromatic nitrogens is 2. The Kier molecular flexibility index (Phi) is 6.49. The van der Waals surface area contributed by atoms with Gasteiger partial charge in [-0.05, 0) is 18.6 Å². The van der Waals surface area contributed by atoms with E-state index in [1.165, 1.54) is 0 Å². The van der Waals surface area contributed by atoms with Crippen LogP contribution in [-0.2, 0) is 14.6 Å². The molecule has 9 heteroatoms. The number of sulfone groups is 1. The first-order valence-electron chi connectivity index (χ1n) is 11.6. The van der Waals surface area contributed by atoms with Crippen LogP contribution in [0.25, 0.3) is 16.9 Å². The van der Waals surface area contributed by atoms with Gasteiger partial charge in [-0.2, -0.15) is 5.10 Å². The van der Waals surface area contributed by atoms with Crippen molar-refractivity contribution in [2.75, 3.05) is 49.5 Å². The number of piperazine rings is 1. The molecule has 0 spiro atoms. The van der Waals surface area contributed by atoms with Gasteiger partial charge < -0.3 is 5.32 Å². The van der Waals surface area contributed by atoms with Crippen molar-refractivity contribution in [1.29, 1.82) is 0 Å². The summed E-state index contributed by atoms with van der Waals surface area (Å²) in [6.45, 7) is 3.35. The first-order chi connectivity index (χ1) is 16.5. The Morgan fingerprint density at radius 1 is 0.971 bits per heavy atom. The molecule has 34 heavy (non-hydrogen) atoms. The molecule has 1 aromatic heterocycles. The Bertz CT molecular complexity index is 1240. The zero-order valence-electron chi connectivity index (χ0n) is 19.0. The monoisotopic (exact) mass is 479 g/mol. The number of carbonyl (C=O) groups is 1. The molecule has 2 aliphatic heterocycles. The standard InChI is InChI=1S/C25H29N5O3S/c31-25(18-28-12-14-29(15-13-28)22-11-16-34(32,33)19-22)26-24-17-23(20-7-3-1-4-8-20)27-30(24)21-9-5-2-6-10-21/h1-10,17,22H,11-16,18-19H2,(H,26,31)/t22-/m0/s1. The fourth-order valence-corrected chi connectivity index (χ4v) is 6.48. The van der Waals surface area contributed by atoms with Crippen molar-refractivity contribution < 1.29 is 13.2 Å². The summed E-state index contributed by atoms with van der Waals surface area (Å²) in [6, 6.07) is 21.7. The van der Waals surface area contributed by atoms with E-state index < -0.39 is 9.84 Å². The van der Waals surface area contributed by atoms with Gasteiger partial charge in [0.25, 0.3) is 0 Å². The normalized spacial score (nSPS) is 20.9. The van der Waals surface area contributed by atoms with E-state index in [4.69, 9.17) is 5.10 Å². The second kappa shape index (κ2) is 9.69. The Labute approximate surface area is 200 Å². The van der Waals surface area contributed by atoms with Gasteiger partial charge >= 0.3 is 0 Å². The van der Waals surface area contributed by atoms with E-state index in [2.05, 4.69) is 15.1 Å². The highest BCUT2D eigenvalue weighted by Crippen LogP contribution is 2.25. The molecule has 1 atom stereocenters. The number of hydrogen-bond acceptors (Lipinski definition) is 6. The Morgan fingerprint density at radius 3 is 2.29 bits per heavy atom. The average Bonchev–Trinajstić information content (AvgIpc) is 3.43. The highest BCUT2D eigenvalue weighted by molar-refractivity contribution is 7.91. The molecule has 5 rings (SSSR count). The summed E-state index contributed by atoms with van der Waals surface area (Å²) in [6.07, 6.45) is 0.718. The molecule has 2 aliphatic rings. The lowest BCUT2D eigenvalue weighted by Crippen LogP contribution is -2.52. The number of hydrogen-bond donors (Lipinski definition) is 1. The lowest BCUT2D eigenvalue weighted by Gasteiger charge is -2.37. The Hall–Kier alpha value is -3.01. The number of nitrogens with zero attached hydrogens (tertiary/aromatic N) is 4. The van der Waals surface area contributed by atoms with Gasteiger partial charge in [-0.3, -0.25) is 14.6 Å². The maximum Gasteiger partial charge on any atom is 0.239 e. The van der Waals surface area contributed by atoms with E-state index >= 15 is 0 Å². The zero-order chi connectivity index (χ0) is 23.5. The van der Waals surface area contributed by atoms with Crippen LogP contribution in [0.4, 0.5) is 5.82 Å². The van der Waals surface area contributed by atoms with Gasteiger partial charge in [0.1, 0.15) is 5.82 Å². The van der Waals surface area contributed by atoms with Crippen LogP contribution < -0.4 is 5.32 Å². The molecule has 0 unspecified atom stereocenters. The molecule has 0 radical (unpaired) electrons. The van der Waals surface area contributed by atoms with Crippen molar-refractivity contribution >= 4 is 21.6 Å². The fourth-order valence-electron chi connectivity index (χ4n) is 4.72. The maximum atomic E-state index is 12.9. The van der Waals surface area contributed by atoms with Crippen molar-refractivity contribution in [3.63, 3.8) is 0 Å². The Balaban J connectivity index is 1.24. The number of para-hydroxylation sites is 1. The first kappa shape index (κ1) is 22.8. The topological polar surface area (TPSA) is 87.5 Å². The van der Waals surface area contributed by atoms with Crippen LogP contribution in [0, 0.1) is 0 Å². The summed E-state index contributed by atoms with van der Waals surface area (Å²) in [5.41, 5.74) is 2.65. The molecular formula is C25H29N5O3S. The van der Waals surface area contributed by atoms with Crippen molar-refractivity contribution in [2.45, 2.75) is 12.5 Å². The van der Waals surface area contributed by atoms with Crippen molar-refractivity contribution in [3.8, 4) is 16.9 Å². The summed E-state index contributed by atoms with van der Waals surface area (Å²) in [5.74, 6) is 1.10. The van der Waals surface area contributed by atoms with E-state index in [9.17, 15) is 13.2 Å². The summed E-state index contributed by atoms with van der Waals surface area (Å²) >= 11 is 0. The number of amides is 1. The number of benzene rings is 2. The quantitative estimate of drug-likeness (QED) is 0.584. The molecule has 2 aromatic carbocycles. The van der Waals surface area contributed by atoms with Crippen LogP contribution in [-0.4, -0.2) is 84.2 Å². The van der Waals surface area contributed by atoms with Gasteiger partial charge in [0.15, 0.2) is 9.84 Å². The summed E-state index contributed by atoms with van der Waals surface area (Å²) in [7, 11) is -2.88. The zero-order valence-corrected chi connectivity index (χ0v) is 19.8. The number of nitrogens with one attached hydrogen (secondary N) is 1. The number of rotatable bonds is 6. The van der Waals surface area contributed by atoms with Crippen LogP contribution in [0.1, 0.15) is 6.42 Å². The van der Waals surface area contributed by atoms with E-state index in [1.54, 1.807) is 4.68 Å². The maximum absolute atomic E-state index is 12.9. The molecule has 3 heterocycles. The molecule has 8 nitrogen and oxygen atoms in total. The molecule has 0 bridgehead atoms.